The lowest BCUT2D eigenvalue weighted by molar-refractivity contribution is 0.683. The van der Waals surface area contributed by atoms with Gasteiger partial charge in [0.1, 0.15) is 0 Å². The van der Waals surface area contributed by atoms with Crippen LogP contribution in [0.4, 0.5) is 0 Å². The van der Waals surface area contributed by atoms with Crippen LogP contribution in [-0.4, -0.2) is 16.2 Å². The van der Waals surface area contributed by atoms with Crippen LogP contribution in [0.1, 0.15) is 33.6 Å². The van der Waals surface area contributed by atoms with Crippen molar-refractivity contribution >= 4 is 10.8 Å². The van der Waals surface area contributed by atoms with Crippen LogP contribution >= 0.6 is 0 Å². The first kappa shape index (κ1) is 11.9. The first-order valence-electron chi connectivity index (χ1n) is 3.57. The summed E-state index contributed by atoms with van der Waals surface area (Å²) in [5, 5.41) is 0. The second kappa shape index (κ2) is 11.0. The van der Waals surface area contributed by atoms with E-state index < -0.39 is 10.8 Å². The minimum absolute atomic E-state index is 0.565. The number of rotatable bonds is 3. The number of unbranched alkanes of at least 4 members (excludes halogenated alkanes) is 1. The van der Waals surface area contributed by atoms with Crippen LogP contribution in [0.2, 0.25) is 0 Å². The van der Waals surface area contributed by atoms with E-state index in [1.165, 1.54) is 0 Å². The molecule has 0 radical (unpaired) electrons. The highest BCUT2D eigenvalue weighted by Gasteiger charge is 1.85. The van der Waals surface area contributed by atoms with Crippen molar-refractivity contribution in [3.05, 3.63) is 0 Å². The number of hydrogen-bond acceptors (Lipinski definition) is 1. The summed E-state index contributed by atoms with van der Waals surface area (Å²) in [6, 6.07) is 0. The van der Waals surface area contributed by atoms with Crippen LogP contribution in [0.25, 0.3) is 0 Å². The van der Waals surface area contributed by atoms with Gasteiger partial charge in [-0.15, -0.1) is 0 Å². The Morgan fingerprint density at radius 2 is 1.78 bits per heavy atom. The van der Waals surface area contributed by atoms with Gasteiger partial charge < -0.3 is 0 Å². The molecule has 0 N–H and O–H groups in total. The Labute approximate surface area is 61.3 Å². The maximum atomic E-state index is 10.3. The topological polar surface area (TPSA) is 17.1 Å². The van der Waals surface area contributed by atoms with Gasteiger partial charge in [-0.1, -0.05) is 27.2 Å². The van der Waals surface area contributed by atoms with Gasteiger partial charge in [-0.2, -0.15) is 0 Å². The molecule has 1 atom stereocenters. The maximum Gasteiger partial charge on any atom is 0.0231 e. The van der Waals surface area contributed by atoms with E-state index in [1.54, 1.807) is 6.26 Å². The van der Waals surface area contributed by atoms with E-state index in [2.05, 4.69) is 6.92 Å². The zero-order valence-electron chi connectivity index (χ0n) is 6.94. The van der Waals surface area contributed by atoms with E-state index in [0.29, 0.717) is 0 Å². The summed E-state index contributed by atoms with van der Waals surface area (Å²) in [5.74, 6) is 0.872. The van der Waals surface area contributed by atoms with E-state index in [9.17, 15) is 4.21 Å². The molecule has 0 heterocycles. The molecule has 9 heavy (non-hydrogen) atoms. The molecule has 0 fully saturated rings. The molecule has 1 unspecified atom stereocenters. The first-order chi connectivity index (χ1) is 4.27. The van der Waals surface area contributed by atoms with Crippen molar-refractivity contribution in [2.75, 3.05) is 12.0 Å². The second-order valence-electron chi connectivity index (χ2n) is 1.63. The van der Waals surface area contributed by atoms with Gasteiger partial charge in [0.2, 0.25) is 0 Å². The molecule has 0 saturated carbocycles. The predicted octanol–water partition coefficient (Wildman–Crippen LogP) is 2.19. The maximum absolute atomic E-state index is 10.3. The van der Waals surface area contributed by atoms with Gasteiger partial charge in [0.15, 0.2) is 0 Å². The fourth-order valence-corrected chi connectivity index (χ4v) is 1.04. The summed E-state index contributed by atoms with van der Waals surface area (Å²) in [6.45, 7) is 6.10. The third kappa shape index (κ3) is 17.9. The molecule has 0 aromatic heterocycles. The molecule has 0 bridgehead atoms. The Balaban J connectivity index is 0. The summed E-state index contributed by atoms with van der Waals surface area (Å²) in [5.41, 5.74) is 0. The standard InChI is InChI=1S/C5H12OS.C2H6/c1-3-4-5-7(2)6;1-2/h3-5H2,1-2H3;1-2H3. The Kier molecular flexibility index (Phi) is 14.6. The molecule has 0 aromatic rings. The predicted molar refractivity (Wildman–Crippen MR) is 45.2 cm³/mol. The largest absolute Gasteiger partial charge is 0.260 e. The fourth-order valence-electron chi connectivity index (χ4n) is 0.348. The third-order valence-corrected chi connectivity index (χ3v) is 1.65. The quantitative estimate of drug-likeness (QED) is 0.602. The summed E-state index contributed by atoms with van der Waals surface area (Å²) >= 11 is 0. The average molecular weight is 150 g/mol. The van der Waals surface area contributed by atoms with Gasteiger partial charge in [0.25, 0.3) is 0 Å². The molecule has 0 rings (SSSR count). The van der Waals surface area contributed by atoms with Crippen molar-refractivity contribution in [1.82, 2.24) is 0 Å². The van der Waals surface area contributed by atoms with Crippen molar-refractivity contribution in [3.63, 3.8) is 0 Å². The SMILES string of the molecule is CC.CCCCS(C)=O. The monoisotopic (exact) mass is 150 g/mol. The van der Waals surface area contributed by atoms with Gasteiger partial charge in [-0.25, -0.2) is 0 Å². The molecule has 0 aliphatic carbocycles. The molecule has 58 valence electrons. The minimum atomic E-state index is -0.565. The van der Waals surface area contributed by atoms with Crippen LogP contribution < -0.4 is 0 Å². The lowest BCUT2D eigenvalue weighted by Crippen LogP contribution is -1.91. The van der Waals surface area contributed by atoms with Crippen molar-refractivity contribution in [1.29, 1.82) is 0 Å². The van der Waals surface area contributed by atoms with Crippen LogP contribution in [0.3, 0.4) is 0 Å². The van der Waals surface area contributed by atoms with Gasteiger partial charge in [-0.05, 0) is 6.42 Å². The minimum Gasteiger partial charge on any atom is -0.260 e. The lowest BCUT2D eigenvalue weighted by Gasteiger charge is -1.88. The van der Waals surface area contributed by atoms with E-state index in [-0.39, 0.29) is 0 Å². The van der Waals surface area contributed by atoms with E-state index in [0.717, 1.165) is 18.6 Å². The molecule has 0 spiro atoms. The highest BCUT2D eigenvalue weighted by Crippen LogP contribution is 1.86. The first-order valence-corrected chi connectivity index (χ1v) is 5.30. The molecule has 2 heteroatoms. The summed E-state index contributed by atoms with van der Waals surface area (Å²) < 4.78 is 10.3. The van der Waals surface area contributed by atoms with Crippen LogP contribution in [0, 0.1) is 0 Å². The molecule has 0 aliphatic heterocycles. The fraction of sp³-hybridized carbons (Fsp3) is 1.00. The Hall–Kier alpha value is 0.150. The zero-order chi connectivity index (χ0) is 7.70. The van der Waals surface area contributed by atoms with Crippen molar-refractivity contribution in [2.45, 2.75) is 33.6 Å². The zero-order valence-corrected chi connectivity index (χ0v) is 7.75. The highest BCUT2D eigenvalue weighted by atomic mass is 32.2. The smallest absolute Gasteiger partial charge is 0.0231 e. The Morgan fingerprint density at radius 1 is 1.33 bits per heavy atom. The molecule has 0 amide bonds. The number of hydrogen-bond donors (Lipinski definition) is 0. The van der Waals surface area contributed by atoms with Crippen LogP contribution in [-0.2, 0) is 10.8 Å². The van der Waals surface area contributed by atoms with Crippen LogP contribution in [0.15, 0.2) is 0 Å². The van der Waals surface area contributed by atoms with E-state index in [1.807, 2.05) is 13.8 Å². The summed E-state index contributed by atoms with van der Waals surface area (Å²) in [6.07, 6.45) is 4.00. The molecule has 0 aromatic carbocycles. The van der Waals surface area contributed by atoms with Gasteiger partial charge in [0, 0.05) is 22.8 Å². The average Bonchev–Trinajstić information content (AvgIpc) is 1.88. The molecule has 0 saturated heterocycles. The van der Waals surface area contributed by atoms with Crippen molar-refractivity contribution in [2.24, 2.45) is 0 Å². The third-order valence-electron chi connectivity index (χ3n) is 0.785. The van der Waals surface area contributed by atoms with Gasteiger partial charge in [0.05, 0.1) is 0 Å². The normalized spacial score (nSPS) is 11.6. The highest BCUT2D eigenvalue weighted by molar-refractivity contribution is 7.84. The summed E-state index contributed by atoms with van der Waals surface area (Å²) in [7, 11) is -0.565. The van der Waals surface area contributed by atoms with Gasteiger partial charge >= 0.3 is 0 Å². The molecule has 0 aliphatic rings. The van der Waals surface area contributed by atoms with Crippen molar-refractivity contribution < 1.29 is 4.21 Å². The van der Waals surface area contributed by atoms with E-state index in [4.69, 9.17) is 0 Å². The lowest BCUT2D eigenvalue weighted by atomic mass is 10.4. The van der Waals surface area contributed by atoms with Crippen LogP contribution in [0.5, 0.6) is 0 Å². The molecule has 1 nitrogen and oxygen atoms in total. The molecular weight excluding hydrogens is 132 g/mol. The second-order valence-corrected chi connectivity index (χ2v) is 3.19. The Bertz CT molecular complexity index is 61.9. The van der Waals surface area contributed by atoms with Gasteiger partial charge in [-0.3, -0.25) is 4.21 Å². The summed E-state index contributed by atoms with van der Waals surface area (Å²) in [4.78, 5) is 0. The molecular formula is C7H18OS. The Morgan fingerprint density at radius 3 is 1.89 bits per heavy atom. The van der Waals surface area contributed by atoms with Crippen molar-refractivity contribution in [3.8, 4) is 0 Å². The van der Waals surface area contributed by atoms with E-state index >= 15 is 0 Å².